The van der Waals surface area contributed by atoms with Crippen molar-refractivity contribution in [1.82, 2.24) is 15.1 Å². The zero-order valence-electron chi connectivity index (χ0n) is 10.4. The summed E-state index contributed by atoms with van der Waals surface area (Å²) >= 11 is 0. The first-order valence-electron chi connectivity index (χ1n) is 5.85. The summed E-state index contributed by atoms with van der Waals surface area (Å²) in [6, 6.07) is 9.73. The van der Waals surface area contributed by atoms with Crippen LogP contribution in [0.4, 0.5) is 0 Å². The molecule has 0 atom stereocenters. The quantitative estimate of drug-likeness (QED) is 0.742. The highest BCUT2D eigenvalue weighted by atomic mass is 32.2. The number of benzene rings is 1. The Kier molecular flexibility index (Phi) is 4.31. The number of nitrogens with zero attached hydrogens (tertiary/aromatic N) is 2. The van der Waals surface area contributed by atoms with Gasteiger partial charge in [-0.05, 0) is 23.8 Å². The Labute approximate surface area is 112 Å². The van der Waals surface area contributed by atoms with E-state index in [1.165, 1.54) is 0 Å². The summed E-state index contributed by atoms with van der Waals surface area (Å²) in [4.78, 5) is 0. The average molecular weight is 280 g/mol. The third-order valence-electron chi connectivity index (χ3n) is 2.60. The highest BCUT2D eigenvalue weighted by molar-refractivity contribution is 7.89. The lowest BCUT2D eigenvalue weighted by molar-refractivity contribution is 0.592. The highest BCUT2D eigenvalue weighted by Crippen LogP contribution is 2.08. The number of primary sulfonamides is 1. The lowest BCUT2D eigenvalue weighted by Gasteiger charge is -2.06. The zero-order chi connectivity index (χ0) is 13.7. The van der Waals surface area contributed by atoms with E-state index in [4.69, 9.17) is 5.14 Å². The molecule has 0 unspecified atom stereocenters. The van der Waals surface area contributed by atoms with Crippen LogP contribution in [-0.2, 0) is 16.6 Å². The molecular weight excluding hydrogens is 264 g/mol. The van der Waals surface area contributed by atoms with Crippen molar-refractivity contribution in [2.75, 3.05) is 12.3 Å². The van der Waals surface area contributed by atoms with Crippen LogP contribution in [0.15, 0.2) is 42.7 Å². The van der Waals surface area contributed by atoms with Crippen molar-refractivity contribution in [3.8, 4) is 5.69 Å². The Hall–Kier alpha value is -1.70. The van der Waals surface area contributed by atoms with Gasteiger partial charge in [0.05, 0.1) is 11.4 Å². The van der Waals surface area contributed by atoms with Crippen LogP contribution < -0.4 is 10.5 Å². The molecule has 0 spiro atoms. The average Bonchev–Trinajstić information content (AvgIpc) is 2.88. The van der Waals surface area contributed by atoms with Gasteiger partial charge in [-0.25, -0.2) is 18.2 Å². The SMILES string of the molecule is NS(=O)(=O)CCNCc1ccc(-n2cccn2)cc1. The Morgan fingerprint density at radius 3 is 2.58 bits per heavy atom. The molecule has 0 aliphatic carbocycles. The molecule has 2 rings (SSSR count). The third-order valence-corrected chi connectivity index (χ3v) is 3.37. The minimum Gasteiger partial charge on any atom is -0.312 e. The van der Waals surface area contributed by atoms with E-state index in [1.807, 2.05) is 36.5 Å². The van der Waals surface area contributed by atoms with Gasteiger partial charge in [-0.2, -0.15) is 5.10 Å². The van der Waals surface area contributed by atoms with E-state index in [-0.39, 0.29) is 5.75 Å². The first-order valence-corrected chi connectivity index (χ1v) is 7.56. The summed E-state index contributed by atoms with van der Waals surface area (Å²) in [7, 11) is -3.39. The van der Waals surface area contributed by atoms with Crippen molar-refractivity contribution >= 4 is 10.0 Å². The van der Waals surface area contributed by atoms with E-state index >= 15 is 0 Å². The minimum absolute atomic E-state index is 0.0572. The summed E-state index contributed by atoms with van der Waals surface area (Å²) in [6.45, 7) is 0.953. The lowest BCUT2D eigenvalue weighted by atomic mass is 10.2. The molecule has 102 valence electrons. The van der Waals surface area contributed by atoms with Crippen LogP contribution in [0.3, 0.4) is 0 Å². The molecule has 2 aromatic rings. The standard InChI is InChI=1S/C12H16N4O2S/c13-19(17,18)9-7-14-10-11-2-4-12(5-3-11)16-8-1-6-15-16/h1-6,8,14H,7,9-10H2,(H2,13,17,18). The zero-order valence-corrected chi connectivity index (χ0v) is 11.2. The number of sulfonamides is 1. The summed E-state index contributed by atoms with van der Waals surface area (Å²) < 4.78 is 23.3. The first kappa shape index (κ1) is 13.7. The Bertz CT molecular complexity index is 606. The minimum atomic E-state index is -3.39. The third kappa shape index (κ3) is 4.47. The molecule has 0 radical (unpaired) electrons. The normalized spacial score (nSPS) is 11.6. The largest absolute Gasteiger partial charge is 0.312 e. The van der Waals surface area contributed by atoms with Gasteiger partial charge in [0, 0.05) is 25.5 Å². The molecule has 0 amide bonds. The Morgan fingerprint density at radius 2 is 2.00 bits per heavy atom. The van der Waals surface area contributed by atoms with Gasteiger partial charge < -0.3 is 5.32 Å². The molecule has 6 nitrogen and oxygen atoms in total. The van der Waals surface area contributed by atoms with Gasteiger partial charge in [0.25, 0.3) is 0 Å². The maximum atomic E-state index is 10.7. The molecule has 0 saturated heterocycles. The fourth-order valence-corrected chi connectivity index (χ4v) is 2.06. The molecule has 7 heteroatoms. The van der Waals surface area contributed by atoms with Crippen LogP contribution in [-0.4, -0.2) is 30.5 Å². The highest BCUT2D eigenvalue weighted by Gasteiger charge is 2.01. The van der Waals surface area contributed by atoms with Crippen molar-refractivity contribution in [2.24, 2.45) is 5.14 Å². The van der Waals surface area contributed by atoms with E-state index in [9.17, 15) is 8.42 Å². The second-order valence-corrected chi connectivity index (χ2v) is 5.89. The van der Waals surface area contributed by atoms with Crippen molar-refractivity contribution in [3.05, 3.63) is 48.3 Å². The summed E-state index contributed by atoms with van der Waals surface area (Å²) in [5.74, 6) is -0.0572. The monoisotopic (exact) mass is 280 g/mol. The molecule has 0 aliphatic rings. The predicted molar refractivity (Wildman–Crippen MR) is 73.2 cm³/mol. The fourth-order valence-electron chi connectivity index (χ4n) is 1.64. The van der Waals surface area contributed by atoms with E-state index < -0.39 is 10.0 Å². The fraction of sp³-hybridized carbons (Fsp3) is 0.250. The maximum absolute atomic E-state index is 10.7. The molecule has 0 bridgehead atoms. The molecule has 3 N–H and O–H groups in total. The van der Waals surface area contributed by atoms with Gasteiger partial charge in [-0.3, -0.25) is 0 Å². The van der Waals surface area contributed by atoms with Crippen LogP contribution >= 0.6 is 0 Å². The molecule has 0 aliphatic heterocycles. The van der Waals surface area contributed by atoms with Gasteiger partial charge in [-0.1, -0.05) is 12.1 Å². The van der Waals surface area contributed by atoms with E-state index in [1.54, 1.807) is 10.9 Å². The first-order chi connectivity index (χ1) is 9.04. The Morgan fingerprint density at radius 1 is 1.26 bits per heavy atom. The van der Waals surface area contributed by atoms with Crippen molar-refractivity contribution < 1.29 is 8.42 Å². The lowest BCUT2D eigenvalue weighted by Crippen LogP contribution is -2.26. The van der Waals surface area contributed by atoms with Gasteiger partial charge in [0.2, 0.25) is 10.0 Å². The maximum Gasteiger partial charge on any atom is 0.210 e. The van der Waals surface area contributed by atoms with Crippen LogP contribution in [0.2, 0.25) is 0 Å². The molecule has 1 heterocycles. The number of nitrogens with two attached hydrogens (primary N) is 1. The molecule has 0 fully saturated rings. The number of nitrogens with one attached hydrogen (secondary N) is 1. The summed E-state index contributed by atoms with van der Waals surface area (Å²) in [5, 5.41) is 12.1. The van der Waals surface area contributed by atoms with E-state index in [2.05, 4.69) is 10.4 Å². The molecule has 1 aromatic heterocycles. The molecule has 0 saturated carbocycles. The second-order valence-electron chi connectivity index (χ2n) is 4.16. The van der Waals surface area contributed by atoms with Crippen LogP contribution in [0, 0.1) is 0 Å². The van der Waals surface area contributed by atoms with Crippen LogP contribution in [0.25, 0.3) is 5.69 Å². The van der Waals surface area contributed by atoms with Gasteiger partial charge in [-0.15, -0.1) is 0 Å². The molecule has 19 heavy (non-hydrogen) atoms. The number of aromatic nitrogens is 2. The van der Waals surface area contributed by atoms with E-state index in [0.717, 1.165) is 11.3 Å². The van der Waals surface area contributed by atoms with Crippen molar-refractivity contribution in [3.63, 3.8) is 0 Å². The van der Waals surface area contributed by atoms with Gasteiger partial charge >= 0.3 is 0 Å². The summed E-state index contributed by atoms with van der Waals surface area (Å²) in [5.41, 5.74) is 2.06. The number of rotatable bonds is 6. The van der Waals surface area contributed by atoms with Gasteiger partial charge in [0.15, 0.2) is 0 Å². The number of hydrogen-bond donors (Lipinski definition) is 2. The van der Waals surface area contributed by atoms with E-state index in [0.29, 0.717) is 13.1 Å². The Balaban J connectivity index is 1.86. The van der Waals surface area contributed by atoms with Crippen molar-refractivity contribution in [2.45, 2.75) is 6.54 Å². The molecule has 1 aromatic carbocycles. The predicted octanol–water partition coefficient (Wildman–Crippen LogP) is 0.250. The van der Waals surface area contributed by atoms with Crippen LogP contribution in [0.5, 0.6) is 0 Å². The van der Waals surface area contributed by atoms with Crippen molar-refractivity contribution in [1.29, 1.82) is 0 Å². The summed E-state index contributed by atoms with van der Waals surface area (Å²) in [6.07, 6.45) is 3.60. The smallest absolute Gasteiger partial charge is 0.210 e. The van der Waals surface area contributed by atoms with Gasteiger partial charge in [0.1, 0.15) is 0 Å². The number of hydrogen-bond acceptors (Lipinski definition) is 4. The second kappa shape index (κ2) is 5.96. The topological polar surface area (TPSA) is 90.0 Å². The van der Waals surface area contributed by atoms with Crippen LogP contribution in [0.1, 0.15) is 5.56 Å². The molecular formula is C12H16N4O2S.